The lowest BCUT2D eigenvalue weighted by Crippen LogP contribution is -2.51. The maximum atomic E-state index is 13.3. The fraction of sp³-hybridized carbons (Fsp3) is 0.292. The number of nitrogens with zero attached hydrogens (tertiary/aromatic N) is 4. The molecule has 2 aromatic carbocycles. The highest BCUT2D eigenvalue weighted by Gasteiger charge is 2.49. The van der Waals surface area contributed by atoms with E-state index in [4.69, 9.17) is 0 Å². The van der Waals surface area contributed by atoms with Crippen LogP contribution in [0.15, 0.2) is 66.9 Å². The number of hydrogen-bond donors (Lipinski definition) is 1. The predicted octanol–water partition coefficient (Wildman–Crippen LogP) is 2.78. The van der Waals surface area contributed by atoms with Gasteiger partial charge in [0.15, 0.2) is 0 Å². The minimum Gasteiger partial charge on any atom is -0.354 e. The third-order valence-corrected chi connectivity index (χ3v) is 6.29. The van der Waals surface area contributed by atoms with Crippen molar-refractivity contribution in [1.29, 1.82) is 0 Å². The number of rotatable bonds is 4. The molecule has 2 saturated heterocycles. The fourth-order valence-electron chi connectivity index (χ4n) is 4.38. The minimum atomic E-state index is -1.06. The van der Waals surface area contributed by atoms with Gasteiger partial charge in [0, 0.05) is 32.4 Å². The molecule has 1 aromatic heterocycles. The standard InChI is InChI=1S/C24H25N5O2/c1-24(20-10-9-18-6-2-3-7-19(18)16-20)22(30)29(23(31)26-24)17-27-12-14-28(15-13-27)21-8-4-5-11-25-21/h2-11,16H,12-15,17H2,1H3,(H,26,31). The molecule has 3 heterocycles. The van der Waals surface area contributed by atoms with Crippen LogP contribution < -0.4 is 10.2 Å². The van der Waals surface area contributed by atoms with Crippen molar-refractivity contribution < 1.29 is 9.59 Å². The van der Waals surface area contributed by atoms with E-state index in [-0.39, 0.29) is 11.9 Å². The fourth-order valence-corrected chi connectivity index (χ4v) is 4.38. The highest BCUT2D eigenvalue weighted by Crippen LogP contribution is 2.31. The number of nitrogens with one attached hydrogen (secondary N) is 1. The molecule has 31 heavy (non-hydrogen) atoms. The second kappa shape index (κ2) is 7.67. The highest BCUT2D eigenvalue weighted by molar-refractivity contribution is 6.07. The number of carbonyl (C=O) groups excluding carboxylic acids is 2. The van der Waals surface area contributed by atoms with Crippen LogP contribution in [-0.4, -0.2) is 59.6 Å². The van der Waals surface area contributed by atoms with Crippen molar-refractivity contribution >= 4 is 28.5 Å². The smallest absolute Gasteiger partial charge is 0.326 e. The zero-order valence-corrected chi connectivity index (χ0v) is 17.5. The first kappa shape index (κ1) is 19.5. The number of urea groups is 1. The van der Waals surface area contributed by atoms with Gasteiger partial charge in [-0.3, -0.25) is 9.69 Å². The molecule has 2 aliphatic rings. The van der Waals surface area contributed by atoms with Gasteiger partial charge in [0.2, 0.25) is 0 Å². The van der Waals surface area contributed by atoms with Gasteiger partial charge in [0.05, 0.1) is 6.67 Å². The molecule has 0 aliphatic carbocycles. The molecule has 3 aromatic rings. The lowest BCUT2D eigenvalue weighted by atomic mass is 9.90. The number of benzene rings is 2. The maximum absolute atomic E-state index is 13.3. The van der Waals surface area contributed by atoms with Crippen LogP contribution in [0.3, 0.4) is 0 Å². The zero-order chi connectivity index (χ0) is 21.4. The van der Waals surface area contributed by atoms with Crippen molar-refractivity contribution in [3.05, 3.63) is 72.4 Å². The largest absolute Gasteiger partial charge is 0.354 e. The van der Waals surface area contributed by atoms with Crippen LogP contribution in [0.4, 0.5) is 10.6 Å². The van der Waals surface area contributed by atoms with Gasteiger partial charge >= 0.3 is 6.03 Å². The molecule has 2 fully saturated rings. The van der Waals surface area contributed by atoms with Crippen molar-refractivity contribution in [3.8, 4) is 0 Å². The molecule has 0 bridgehead atoms. The third kappa shape index (κ3) is 3.51. The average Bonchev–Trinajstić information content (AvgIpc) is 3.03. The van der Waals surface area contributed by atoms with Gasteiger partial charge in [-0.15, -0.1) is 0 Å². The van der Waals surface area contributed by atoms with Crippen LogP contribution in [-0.2, 0) is 10.3 Å². The minimum absolute atomic E-state index is 0.208. The summed E-state index contributed by atoms with van der Waals surface area (Å²) >= 11 is 0. The molecule has 158 valence electrons. The molecule has 3 amide bonds. The summed E-state index contributed by atoms with van der Waals surface area (Å²) in [6.45, 7) is 5.23. The van der Waals surface area contributed by atoms with E-state index in [1.54, 1.807) is 13.1 Å². The summed E-state index contributed by atoms with van der Waals surface area (Å²) in [6.07, 6.45) is 1.79. The van der Waals surface area contributed by atoms with Crippen LogP contribution in [0, 0.1) is 0 Å². The van der Waals surface area contributed by atoms with Crippen molar-refractivity contribution in [1.82, 2.24) is 20.1 Å². The topological polar surface area (TPSA) is 68.8 Å². The summed E-state index contributed by atoms with van der Waals surface area (Å²) in [5.74, 6) is 0.751. The Hall–Kier alpha value is -3.45. The lowest BCUT2D eigenvalue weighted by Gasteiger charge is -2.36. The number of amides is 3. The molecule has 5 rings (SSSR count). The number of fused-ring (bicyclic) bond motifs is 1. The molecule has 7 nitrogen and oxygen atoms in total. The Balaban J connectivity index is 1.29. The molecule has 1 N–H and O–H groups in total. The Bertz CT molecular complexity index is 1130. The van der Waals surface area contributed by atoms with Gasteiger partial charge in [-0.05, 0) is 41.5 Å². The summed E-state index contributed by atoms with van der Waals surface area (Å²) in [5.41, 5.74) is -0.260. The number of aromatic nitrogens is 1. The Labute approximate surface area is 181 Å². The van der Waals surface area contributed by atoms with E-state index in [2.05, 4.69) is 20.1 Å². The van der Waals surface area contributed by atoms with Gasteiger partial charge in [0.1, 0.15) is 11.4 Å². The summed E-state index contributed by atoms with van der Waals surface area (Å²) in [5, 5.41) is 5.08. The molecule has 7 heteroatoms. The van der Waals surface area contributed by atoms with Gasteiger partial charge in [-0.25, -0.2) is 14.7 Å². The number of imide groups is 1. The second-order valence-corrected chi connectivity index (χ2v) is 8.28. The molecule has 0 radical (unpaired) electrons. The predicted molar refractivity (Wildman–Crippen MR) is 120 cm³/mol. The third-order valence-electron chi connectivity index (χ3n) is 6.29. The van der Waals surface area contributed by atoms with Gasteiger partial charge in [-0.2, -0.15) is 0 Å². The van der Waals surface area contributed by atoms with E-state index in [0.717, 1.165) is 48.3 Å². The van der Waals surface area contributed by atoms with E-state index < -0.39 is 5.54 Å². The first-order chi connectivity index (χ1) is 15.0. The Kier molecular flexibility index (Phi) is 4.82. The van der Waals surface area contributed by atoms with E-state index in [9.17, 15) is 9.59 Å². The molecule has 1 atom stereocenters. The normalized spacial score (nSPS) is 22.2. The monoisotopic (exact) mass is 415 g/mol. The molecular formula is C24H25N5O2. The van der Waals surface area contributed by atoms with Crippen molar-refractivity contribution in [3.63, 3.8) is 0 Å². The van der Waals surface area contributed by atoms with Crippen LogP contribution >= 0.6 is 0 Å². The first-order valence-corrected chi connectivity index (χ1v) is 10.6. The Morgan fingerprint density at radius 3 is 2.42 bits per heavy atom. The van der Waals surface area contributed by atoms with E-state index >= 15 is 0 Å². The quantitative estimate of drug-likeness (QED) is 0.664. The number of piperazine rings is 1. The summed E-state index contributed by atoms with van der Waals surface area (Å²) in [4.78, 5) is 36.2. The summed E-state index contributed by atoms with van der Waals surface area (Å²) < 4.78 is 0. The van der Waals surface area contributed by atoms with Crippen LogP contribution in [0.25, 0.3) is 10.8 Å². The summed E-state index contributed by atoms with van der Waals surface area (Å²) in [6, 6.07) is 19.5. The Morgan fingerprint density at radius 1 is 0.935 bits per heavy atom. The first-order valence-electron chi connectivity index (χ1n) is 10.6. The van der Waals surface area contributed by atoms with Gasteiger partial charge in [0.25, 0.3) is 5.91 Å². The maximum Gasteiger partial charge on any atom is 0.326 e. The number of pyridine rings is 1. The number of carbonyl (C=O) groups is 2. The van der Waals surface area contributed by atoms with E-state index in [1.165, 1.54) is 4.90 Å². The zero-order valence-electron chi connectivity index (χ0n) is 17.5. The second-order valence-electron chi connectivity index (χ2n) is 8.28. The molecule has 1 unspecified atom stereocenters. The molecule has 0 spiro atoms. The van der Waals surface area contributed by atoms with Crippen LogP contribution in [0.5, 0.6) is 0 Å². The molecule has 0 saturated carbocycles. The van der Waals surface area contributed by atoms with E-state index in [1.807, 2.05) is 60.7 Å². The van der Waals surface area contributed by atoms with Gasteiger partial charge < -0.3 is 10.2 Å². The Morgan fingerprint density at radius 2 is 1.68 bits per heavy atom. The summed E-state index contributed by atoms with van der Waals surface area (Å²) in [7, 11) is 0. The van der Waals surface area contributed by atoms with Crippen molar-refractivity contribution in [2.24, 2.45) is 0 Å². The lowest BCUT2D eigenvalue weighted by molar-refractivity contribution is -0.132. The van der Waals surface area contributed by atoms with Crippen LogP contribution in [0.1, 0.15) is 12.5 Å². The van der Waals surface area contributed by atoms with Crippen molar-refractivity contribution in [2.45, 2.75) is 12.5 Å². The average molecular weight is 415 g/mol. The van der Waals surface area contributed by atoms with Crippen molar-refractivity contribution in [2.75, 3.05) is 37.7 Å². The SMILES string of the molecule is CC1(c2ccc3ccccc3c2)NC(=O)N(CN2CCN(c3ccccn3)CC2)C1=O. The van der Waals surface area contributed by atoms with Gasteiger partial charge in [-0.1, -0.05) is 42.5 Å². The van der Waals surface area contributed by atoms with Crippen LogP contribution in [0.2, 0.25) is 0 Å². The number of anilines is 1. The molecular weight excluding hydrogens is 390 g/mol. The molecule has 2 aliphatic heterocycles. The number of hydrogen-bond acceptors (Lipinski definition) is 5. The van der Waals surface area contributed by atoms with E-state index in [0.29, 0.717) is 6.67 Å². The highest BCUT2D eigenvalue weighted by atomic mass is 16.2.